The summed E-state index contributed by atoms with van der Waals surface area (Å²) in [4.78, 5) is 0. The zero-order valence-corrected chi connectivity index (χ0v) is 18.3. The van der Waals surface area contributed by atoms with Crippen molar-refractivity contribution >= 4 is 72.7 Å². The van der Waals surface area contributed by atoms with E-state index in [-0.39, 0.29) is 0 Å². The van der Waals surface area contributed by atoms with Crippen molar-refractivity contribution in [3.8, 4) is 0 Å². The fourth-order valence-corrected chi connectivity index (χ4v) is 4.29. The number of anilines is 1. The lowest BCUT2D eigenvalue weighted by Gasteiger charge is -2.15. The molecule has 0 spiro atoms. The molecule has 0 aliphatic carbocycles. The van der Waals surface area contributed by atoms with Crippen LogP contribution in [0.4, 0.5) is 5.69 Å². The van der Waals surface area contributed by atoms with Gasteiger partial charge in [0.1, 0.15) is 0 Å². The third kappa shape index (κ3) is 3.70. The van der Waals surface area contributed by atoms with Crippen LogP contribution in [0.25, 0.3) is 21.8 Å². The normalized spacial score (nSPS) is 12.6. The Morgan fingerprint density at radius 2 is 1.42 bits per heavy atom. The molecule has 2 N–H and O–H groups in total. The first-order valence-corrected chi connectivity index (χ1v) is 10.6. The number of aliphatic hydroxyl groups excluding tert-OH is 1. The number of fused-ring (bicyclic) bond motifs is 3. The van der Waals surface area contributed by atoms with E-state index in [1.165, 1.54) is 28.9 Å². The molecule has 0 radical (unpaired) electrons. The van der Waals surface area contributed by atoms with Crippen molar-refractivity contribution in [2.45, 2.75) is 12.6 Å². The number of para-hydroxylation sites is 1. The highest BCUT2D eigenvalue weighted by Gasteiger charge is 2.14. The Morgan fingerprint density at radius 3 is 2.00 bits per heavy atom. The van der Waals surface area contributed by atoms with Crippen molar-refractivity contribution in [2.75, 3.05) is 11.9 Å². The molecular weight excluding hydrogens is 550 g/mol. The maximum atomic E-state index is 10.6. The number of nitrogens with zero attached hydrogens (tertiary/aromatic N) is 1. The average molecular weight is 568 g/mol. The molecule has 5 heteroatoms. The van der Waals surface area contributed by atoms with E-state index < -0.39 is 6.10 Å². The molecule has 1 atom stereocenters. The van der Waals surface area contributed by atoms with Crippen molar-refractivity contribution in [3.63, 3.8) is 0 Å². The third-order valence-electron chi connectivity index (χ3n) is 4.50. The number of hydrogen-bond donors (Lipinski definition) is 2. The lowest BCUT2D eigenvalue weighted by molar-refractivity contribution is 0.169. The summed E-state index contributed by atoms with van der Waals surface area (Å²) in [6.07, 6.45) is -0.479. The molecular formula is C21H18I2N2O. The Bertz CT molecular complexity index is 1000. The molecule has 0 bridgehead atoms. The van der Waals surface area contributed by atoms with Crippen LogP contribution >= 0.6 is 45.2 Å². The molecule has 0 fully saturated rings. The summed E-state index contributed by atoms with van der Waals surface area (Å²) in [6.45, 7) is 1.07. The summed E-state index contributed by atoms with van der Waals surface area (Å²) in [5.74, 6) is 0. The maximum absolute atomic E-state index is 10.6. The molecule has 1 aromatic heterocycles. The van der Waals surface area contributed by atoms with Gasteiger partial charge < -0.3 is 15.0 Å². The van der Waals surface area contributed by atoms with Crippen LogP contribution in [-0.4, -0.2) is 22.3 Å². The highest BCUT2D eigenvalue weighted by atomic mass is 127. The molecule has 4 aromatic rings. The number of halogens is 2. The minimum absolute atomic E-state index is 0.479. The van der Waals surface area contributed by atoms with Crippen LogP contribution in [0.1, 0.15) is 0 Å². The van der Waals surface area contributed by atoms with Crippen LogP contribution in [0.5, 0.6) is 0 Å². The molecule has 1 unspecified atom stereocenters. The highest BCUT2D eigenvalue weighted by Crippen LogP contribution is 2.31. The van der Waals surface area contributed by atoms with E-state index in [4.69, 9.17) is 0 Å². The quantitative estimate of drug-likeness (QED) is 0.314. The van der Waals surface area contributed by atoms with E-state index >= 15 is 0 Å². The molecule has 3 aromatic carbocycles. The molecule has 3 nitrogen and oxygen atoms in total. The second-order valence-electron chi connectivity index (χ2n) is 6.33. The van der Waals surface area contributed by atoms with Gasteiger partial charge in [-0.25, -0.2) is 0 Å². The van der Waals surface area contributed by atoms with E-state index in [9.17, 15) is 5.11 Å². The van der Waals surface area contributed by atoms with Gasteiger partial charge in [-0.05, 0) is 93.7 Å². The monoisotopic (exact) mass is 568 g/mol. The van der Waals surface area contributed by atoms with Crippen molar-refractivity contribution in [1.29, 1.82) is 0 Å². The van der Waals surface area contributed by atoms with E-state index in [1.54, 1.807) is 0 Å². The fourth-order valence-electron chi connectivity index (χ4n) is 3.31. The number of rotatable bonds is 5. The Balaban J connectivity index is 1.66. The summed E-state index contributed by atoms with van der Waals surface area (Å²) in [6, 6.07) is 23.0. The summed E-state index contributed by atoms with van der Waals surface area (Å²) >= 11 is 4.71. The van der Waals surface area contributed by atoms with Crippen LogP contribution in [0.2, 0.25) is 0 Å². The summed E-state index contributed by atoms with van der Waals surface area (Å²) < 4.78 is 4.67. The number of benzene rings is 3. The van der Waals surface area contributed by atoms with Crippen LogP contribution < -0.4 is 5.32 Å². The zero-order valence-electron chi connectivity index (χ0n) is 14.0. The molecule has 1 heterocycles. The molecule has 26 heavy (non-hydrogen) atoms. The maximum Gasteiger partial charge on any atom is 0.0891 e. The van der Waals surface area contributed by atoms with E-state index in [1.807, 2.05) is 30.3 Å². The van der Waals surface area contributed by atoms with Crippen molar-refractivity contribution in [2.24, 2.45) is 0 Å². The van der Waals surface area contributed by atoms with Gasteiger partial charge in [-0.1, -0.05) is 18.2 Å². The molecule has 0 saturated heterocycles. The molecule has 0 aliphatic rings. The van der Waals surface area contributed by atoms with Crippen molar-refractivity contribution in [1.82, 2.24) is 4.57 Å². The second-order valence-corrected chi connectivity index (χ2v) is 8.83. The first-order chi connectivity index (χ1) is 12.6. The predicted molar refractivity (Wildman–Crippen MR) is 126 cm³/mol. The molecule has 4 rings (SSSR count). The minimum Gasteiger partial charge on any atom is -0.389 e. The topological polar surface area (TPSA) is 37.2 Å². The standard InChI is InChI=1S/C21H18I2N2O/c22-14-6-8-20-18(10-14)19-11-15(23)7-9-21(19)25(20)13-17(26)12-24-16-4-2-1-3-5-16/h1-11,17,24,26H,12-13H2. The molecule has 0 amide bonds. The first kappa shape index (κ1) is 18.1. The SMILES string of the molecule is OC(CNc1ccccc1)Cn1c2ccc(I)cc2c2cc(I)ccc21. The van der Waals surface area contributed by atoms with E-state index in [0.29, 0.717) is 13.1 Å². The van der Waals surface area contributed by atoms with Gasteiger partial charge >= 0.3 is 0 Å². The minimum atomic E-state index is -0.479. The van der Waals surface area contributed by atoms with Gasteiger partial charge in [0.05, 0.1) is 12.6 Å². The lowest BCUT2D eigenvalue weighted by atomic mass is 10.2. The van der Waals surface area contributed by atoms with Gasteiger partial charge in [0.25, 0.3) is 0 Å². The van der Waals surface area contributed by atoms with E-state index in [2.05, 4.69) is 91.5 Å². The van der Waals surface area contributed by atoms with Gasteiger partial charge in [0, 0.05) is 41.2 Å². The van der Waals surface area contributed by atoms with Gasteiger partial charge in [-0.2, -0.15) is 0 Å². The second kappa shape index (κ2) is 7.74. The van der Waals surface area contributed by atoms with Gasteiger partial charge in [0.2, 0.25) is 0 Å². The number of aliphatic hydroxyl groups is 1. The summed E-state index contributed by atoms with van der Waals surface area (Å²) in [5, 5.41) is 16.4. The average Bonchev–Trinajstić information content (AvgIpc) is 2.93. The number of hydrogen-bond acceptors (Lipinski definition) is 2. The van der Waals surface area contributed by atoms with Crippen LogP contribution in [0.3, 0.4) is 0 Å². The zero-order chi connectivity index (χ0) is 18.1. The Hall–Kier alpha value is -1.32. The Kier molecular flexibility index (Phi) is 5.37. The highest BCUT2D eigenvalue weighted by molar-refractivity contribution is 14.1. The summed E-state index contributed by atoms with van der Waals surface area (Å²) in [5.41, 5.74) is 3.36. The van der Waals surface area contributed by atoms with Gasteiger partial charge in [0.15, 0.2) is 0 Å². The summed E-state index contributed by atoms with van der Waals surface area (Å²) in [7, 11) is 0. The molecule has 0 saturated carbocycles. The smallest absolute Gasteiger partial charge is 0.0891 e. The fraction of sp³-hybridized carbons (Fsp3) is 0.143. The van der Waals surface area contributed by atoms with Crippen LogP contribution in [0, 0.1) is 7.14 Å². The Morgan fingerprint density at radius 1 is 0.846 bits per heavy atom. The molecule has 0 aliphatic heterocycles. The lowest BCUT2D eigenvalue weighted by Crippen LogP contribution is -2.24. The van der Waals surface area contributed by atoms with E-state index in [0.717, 1.165) is 5.69 Å². The number of aromatic nitrogens is 1. The third-order valence-corrected chi connectivity index (χ3v) is 5.84. The van der Waals surface area contributed by atoms with Crippen LogP contribution in [-0.2, 0) is 6.54 Å². The first-order valence-electron chi connectivity index (χ1n) is 8.46. The Labute approximate surface area is 179 Å². The van der Waals surface area contributed by atoms with Crippen molar-refractivity contribution in [3.05, 3.63) is 73.9 Å². The van der Waals surface area contributed by atoms with Crippen LogP contribution in [0.15, 0.2) is 66.7 Å². The van der Waals surface area contributed by atoms with Gasteiger partial charge in [-0.15, -0.1) is 0 Å². The largest absolute Gasteiger partial charge is 0.389 e. The van der Waals surface area contributed by atoms with Crippen molar-refractivity contribution < 1.29 is 5.11 Å². The van der Waals surface area contributed by atoms with Gasteiger partial charge in [-0.3, -0.25) is 0 Å². The molecule has 132 valence electrons. The predicted octanol–water partition coefficient (Wildman–Crippen LogP) is 5.48. The number of nitrogens with one attached hydrogen (secondary N) is 1.